The first-order chi connectivity index (χ1) is 12.7. The molecule has 0 saturated carbocycles. The van der Waals surface area contributed by atoms with Gasteiger partial charge in [-0.05, 0) is 45.3 Å². The van der Waals surface area contributed by atoms with E-state index in [-0.39, 0.29) is 6.42 Å². The van der Waals surface area contributed by atoms with E-state index < -0.39 is 5.97 Å². The predicted molar refractivity (Wildman–Crippen MR) is 100 cm³/mol. The molecule has 4 aromatic rings. The lowest BCUT2D eigenvalue weighted by Gasteiger charge is -2.16. The molecule has 4 aromatic carbocycles. The van der Waals surface area contributed by atoms with Gasteiger partial charge in [-0.25, -0.2) is 0 Å². The number of carbonyl (C=O) groups is 1. The lowest BCUT2D eigenvalue weighted by Crippen LogP contribution is -2.01. The third kappa shape index (κ3) is 2.24. The van der Waals surface area contributed by atoms with E-state index in [0.717, 1.165) is 37.9 Å². The van der Waals surface area contributed by atoms with E-state index in [4.69, 9.17) is 5.11 Å². The van der Waals surface area contributed by atoms with Gasteiger partial charge in [0.15, 0.2) is 0 Å². The van der Waals surface area contributed by atoms with Gasteiger partial charge in [-0.15, -0.1) is 0 Å². The van der Waals surface area contributed by atoms with Crippen LogP contribution in [0.25, 0.3) is 32.3 Å². The van der Waals surface area contributed by atoms with Crippen molar-refractivity contribution in [2.24, 2.45) is 0 Å². The number of nitriles is 2. The molecule has 0 spiro atoms. The van der Waals surface area contributed by atoms with Crippen LogP contribution in [0, 0.1) is 22.7 Å². The Hall–Kier alpha value is -3.63. The van der Waals surface area contributed by atoms with E-state index in [1.165, 1.54) is 0 Å². The van der Waals surface area contributed by atoms with Crippen molar-refractivity contribution < 1.29 is 9.90 Å². The number of aliphatic carboxylic acids is 1. The first-order valence-corrected chi connectivity index (χ1v) is 8.40. The summed E-state index contributed by atoms with van der Waals surface area (Å²) in [5, 5.41) is 34.3. The van der Waals surface area contributed by atoms with Crippen molar-refractivity contribution in [1.29, 1.82) is 10.5 Å². The van der Waals surface area contributed by atoms with Crippen LogP contribution >= 0.6 is 0 Å². The molecule has 0 aliphatic carbocycles. The topological polar surface area (TPSA) is 84.9 Å². The van der Waals surface area contributed by atoms with E-state index in [1.807, 2.05) is 42.5 Å². The summed E-state index contributed by atoms with van der Waals surface area (Å²) in [4.78, 5) is 10.9. The highest BCUT2D eigenvalue weighted by molar-refractivity contribution is 6.25. The van der Waals surface area contributed by atoms with Crippen molar-refractivity contribution in [3.8, 4) is 12.1 Å². The minimum atomic E-state index is -0.860. The van der Waals surface area contributed by atoms with E-state index >= 15 is 0 Å². The zero-order valence-electron chi connectivity index (χ0n) is 13.9. The van der Waals surface area contributed by atoms with Gasteiger partial charge in [0.25, 0.3) is 0 Å². The largest absolute Gasteiger partial charge is 0.481 e. The molecule has 26 heavy (non-hydrogen) atoms. The number of carboxylic acid groups (broad SMARTS) is 1. The van der Waals surface area contributed by atoms with E-state index in [1.54, 1.807) is 0 Å². The van der Waals surface area contributed by atoms with Gasteiger partial charge >= 0.3 is 5.97 Å². The van der Waals surface area contributed by atoms with Crippen molar-refractivity contribution in [3.05, 3.63) is 59.2 Å². The maximum atomic E-state index is 10.9. The number of benzene rings is 4. The van der Waals surface area contributed by atoms with Gasteiger partial charge in [0.2, 0.25) is 0 Å². The molecule has 4 nitrogen and oxygen atoms in total. The van der Waals surface area contributed by atoms with Gasteiger partial charge in [-0.3, -0.25) is 4.79 Å². The third-order valence-corrected chi connectivity index (χ3v) is 4.96. The molecule has 124 valence electrons. The van der Waals surface area contributed by atoms with Crippen LogP contribution in [-0.4, -0.2) is 11.1 Å². The molecule has 0 radical (unpaired) electrons. The highest BCUT2D eigenvalue weighted by Gasteiger charge is 2.19. The van der Waals surface area contributed by atoms with Gasteiger partial charge in [0.1, 0.15) is 12.1 Å². The third-order valence-electron chi connectivity index (χ3n) is 4.96. The molecule has 0 aromatic heterocycles. The van der Waals surface area contributed by atoms with Crippen LogP contribution in [0.1, 0.15) is 29.5 Å². The second-order valence-electron chi connectivity index (χ2n) is 6.38. The summed E-state index contributed by atoms with van der Waals surface area (Å²) in [7, 11) is 0. The maximum absolute atomic E-state index is 10.9. The van der Waals surface area contributed by atoms with E-state index in [0.29, 0.717) is 24.0 Å². The Morgan fingerprint density at radius 3 is 2.15 bits per heavy atom. The zero-order chi connectivity index (χ0) is 18.3. The van der Waals surface area contributed by atoms with Gasteiger partial charge in [-0.1, -0.05) is 42.5 Å². The van der Waals surface area contributed by atoms with Crippen LogP contribution in [0.3, 0.4) is 0 Å². The standard InChI is InChI=1S/C22H14N2O2/c23-11-18-15(5-2-6-20(25)26)16-9-7-13-3-1-4-14-8-10-17(19(18)12-24)22(16)21(13)14/h1,3-4,7-10H,2,5-6H2,(H,25,26). The summed E-state index contributed by atoms with van der Waals surface area (Å²) in [5.41, 5.74) is 1.52. The molecule has 0 aliphatic heterocycles. The molecule has 0 heterocycles. The minimum Gasteiger partial charge on any atom is -0.481 e. The molecular formula is C22H14N2O2. The Morgan fingerprint density at radius 2 is 1.54 bits per heavy atom. The van der Waals surface area contributed by atoms with Crippen LogP contribution in [0.2, 0.25) is 0 Å². The first-order valence-electron chi connectivity index (χ1n) is 8.40. The average Bonchev–Trinajstić information content (AvgIpc) is 2.65. The second kappa shape index (κ2) is 6.02. The molecule has 0 fully saturated rings. The van der Waals surface area contributed by atoms with Crippen LogP contribution < -0.4 is 0 Å². The number of hydrogen-bond acceptors (Lipinski definition) is 3. The summed E-state index contributed by atoms with van der Waals surface area (Å²) in [6.45, 7) is 0. The van der Waals surface area contributed by atoms with E-state index in [9.17, 15) is 15.3 Å². The lowest BCUT2D eigenvalue weighted by molar-refractivity contribution is -0.137. The Balaban J connectivity index is 2.13. The number of nitrogens with zero attached hydrogens (tertiary/aromatic N) is 2. The lowest BCUT2D eigenvalue weighted by atomic mass is 9.85. The molecule has 0 atom stereocenters. The van der Waals surface area contributed by atoms with Crippen molar-refractivity contribution in [1.82, 2.24) is 0 Å². The smallest absolute Gasteiger partial charge is 0.303 e. The van der Waals surface area contributed by atoms with Crippen LogP contribution in [-0.2, 0) is 11.2 Å². The quantitative estimate of drug-likeness (QED) is 0.545. The number of hydrogen-bond donors (Lipinski definition) is 1. The van der Waals surface area contributed by atoms with Crippen LogP contribution in [0.5, 0.6) is 0 Å². The van der Waals surface area contributed by atoms with Crippen LogP contribution in [0.4, 0.5) is 0 Å². The van der Waals surface area contributed by atoms with Gasteiger partial charge in [0, 0.05) is 11.8 Å². The Morgan fingerprint density at radius 1 is 0.885 bits per heavy atom. The maximum Gasteiger partial charge on any atom is 0.303 e. The van der Waals surface area contributed by atoms with Crippen molar-refractivity contribution in [3.63, 3.8) is 0 Å². The van der Waals surface area contributed by atoms with Crippen LogP contribution in [0.15, 0.2) is 42.5 Å². The Kier molecular flexibility index (Phi) is 3.68. The minimum absolute atomic E-state index is 0.0364. The molecule has 1 N–H and O–H groups in total. The van der Waals surface area contributed by atoms with Gasteiger partial charge < -0.3 is 5.11 Å². The highest BCUT2D eigenvalue weighted by atomic mass is 16.4. The number of aryl methyl sites for hydroxylation is 1. The predicted octanol–water partition coefficient (Wildman–Crippen LogP) is 4.73. The van der Waals surface area contributed by atoms with Gasteiger partial charge in [-0.2, -0.15) is 10.5 Å². The molecule has 0 bridgehead atoms. The Bertz CT molecular complexity index is 1240. The molecule has 4 rings (SSSR count). The SMILES string of the molecule is N#Cc1c(C#N)c2ccc3cccc4ccc(c1CCCC(=O)O)c2c34. The fraction of sp³-hybridized carbons (Fsp3) is 0.136. The summed E-state index contributed by atoms with van der Waals surface area (Å²) in [6.07, 6.45) is 0.922. The average molecular weight is 338 g/mol. The van der Waals surface area contributed by atoms with E-state index in [2.05, 4.69) is 12.1 Å². The van der Waals surface area contributed by atoms with Crippen molar-refractivity contribution >= 4 is 38.3 Å². The zero-order valence-corrected chi connectivity index (χ0v) is 13.9. The molecule has 0 aliphatic rings. The summed E-state index contributed by atoms with van der Waals surface area (Å²) in [6, 6.07) is 18.4. The normalized spacial score (nSPS) is 11.0. The molecular weight excluding hydrogens is 324 g/mol. The number of rotatable bonds is 4. The second-order valence-corrected chi connectivity index (χ2v) is 6.38. The van der Waals surface area contributed by atoms with Gasteiger partial charge in [0.05, 0.1) is 11.1 Å². The summed E-state index contributed by atoms with van der Waals surface area (Å²) in [5.74, 6) is -0.860. The monoisotopic (exact) mass is 338 g/mol. The summed E-state index contributed by atoms with van der Waals surface area (Å²) < 4.78 is 0. The fourth-order valence-corrected chi connectivity index (χ4v) is 3.88. The molecule has 0 saturated heterocycles. The highest BCUT2D eigenvalue weighted by Crippen LogP contribution is 2.39. The molecule has 0 unspecified atom stereocenters. The molecule has 0 amide bonds. The van der Waals surface area contributed by atoms with Crippen molar-refractivity contribution in [2.45, 2.75) is 19.3 Å². The number of carboxylic acids is 1. The summed E-state index contributed by atoms with van der Waals surface area (Å²) >= 11 is 0. The van der Waals surface area contributed by atoms with Crippen molar-refractivity contribution in [2.75, 3.05) is 0 Å². The first kappa shape index (κ1) is 15.9. The molecule has 4 heteroatoms. The fourth-order valence-electron chi connectivity index (χ4n) is 3.88. The Labute approximate surface area is 149 Å².